The molecule has 2 aliphatic rings. The van der Waals surface area contributed by atoms with Gasteiger partial charge in [-0.25, -0.2) is 13.4 Å². The van der Waals surface area contributed by atoms with E-state index in [1.807, 2.05) is 0 Å². The Bertz CT molecular complexity index is 924. The number of carbonyl (C=O) groups excluding carboxylic acids is 1. The Morgan fingerprint density at radius 1 is 1.40 bits per heavy atom. The number of H-pyrrole nitrogens is 1. The number of aryl methyl sites for hydroxylation is 1. The monoisotopic (exact) mass is 362 g/mol. The standard InChI is InChI=1S/C16H18N4O4S/c1-10-17-7-13(18-10)16(21)19-11-6-12-9-24-14-4-2-3-5-15(14)25(22,23)20(12)8-11/h2-5,7,11-12H,6,8-9H2,1H3,(H,17,18)(H,19,21)/t11-,12-/m0/s1. The average molecular weight is 362 g/mol. The largest absolute Gasteiger partial charge is 0.490 e. The first-order valence-electron chi connectivity index (χ1n) is 8.01. The number of carbonyl (C=O) groups is 1. The summed E-state index contributed by atoms with van der Waals surface area (Å²) in [5.74, 6) is 0.741. The van der Waals surface area contributed by atoms with Crippen molar-refractivity contribution < 1.29 is 17.9 Å². The van der Waals surface area contributed by atoms with Gasteiger partial charge in [0.25, 0.3) is 5.91 Å². The van der Waals surface area contributed by atoms with Crippen LogP contribution in [0.5, 0.6) is 5.75 Å². The molecule has 0 unspecified atom stereocenters. The fraction of sp³-hybridized carbons (Fsp3) is 0.375. The summed E-state index contributed by atoms with van der Waals surface area (Å²) in [6, 6.07) is 6.06. The molecular formula is C16H18N4O4S. The molecule has 4 rings (SSSR count). The molecule has 0 radical (unpaired) electrons. The number of hydrogen-bond acceptors (Lipinski definition) is 5. The van der Waals surface area contributed by atoms with Crippen LogP contribution < -0.4 is 10.1 Å². The number of aromatic amines is 1. The van der Waals surface area contributed by atoms with Crippen LogP contribution in [-0.4, -0.2) is 53.8 Å². The van der Waals surface area contributed by atoms with Crippen molar-refractivity contribution in [3.05, 3.63) is 42.0 Å². The highest BCUT2D eigenvalue weighted by molar-refractivity contribution is 7.89. The summed E-state index contributed by atoms with van der Waals surface area (Å²) >= 11 is 0. The van der Waals surface area contributed by atoms with Gasteiger partial charge in [0.05, 0.1) is 12.2 Å². The Labute approximate surface area is 145 Å². The van der Waals surface area contributed by atoms with Crippen molar-refractivity contribution in [2.75, 3.05) is 13.2 Å². The van der Waals surface area contributed by atoms with E-state index < -0.39 is 10.0 Å². The lowest BCUT2D eigenvalue weighted by atomic mass is 10.2. The molecule has 1 amide bonds. The Kier molecular flexibility index (Phi) is 3.77. The van der Waals surface area contributed by atoms with Gasteiger partial charge < -0.3 is 15.0 Å². The van der Waals surface area contributed by atoms with E-state index in [0.29, 0.717) is 23.7 Å². The first kappa shape index (κ1) is 16.1. The van der Waals surface area contributed by atoms with Crippen molar-refractivity contribution in [1.29, 1.82) is 0 Å². The molecule has 3 heterocycles. The summed E-state index contributed by atoms with van der Waals surface area (Å²) in [4.78, 5) is 19.3. The molecule has 9 heteroatoms. The average Bonchev–Trinajstić information content (AvgIpc) is 3.17. The maximum absolute atomic E-state index is 12.9. The number of sulfonamides is 1. The van der Waals surface area contributed by atoms with Crippen molar-refractivity contribution >= 4 is 15.9 Å². The van der Waals surface area contributed by atoms with Crippen LogP contribution in [0.4, 0.5) is 0 Å². The number of benzene rings is 1. The SMILES string of the molecule is Cc1ncc(C(=O)N[C@H]2C[C@H]3COc4ccccc4S(=O)(=O)N3C2)[nH]1. The number of para-hydroxylation sites is 1. The minimum atomic E-state index is -3.65. The van der Waals surface area contributed by atoms with Crippen LogP contribution in [0.1, 0.15) is 22.7 Å². The predicted octanol–water partition coefficient (Wildman–Crippen LogP) is 0.672. The van der Waals surface area contributed by atoms with Gasteiger partial charge in [0.15, 0.2) is 0 Å². The van der Waals surface area contributed by atoms with Gasteiger partial charge >= 0.3 is 0 Å². The summed E-state index contributed by atoms with van der Waals surface area (Å²) in [7, 11) is -3.65. The quantitative estimate of drug-likeness (QED) is 0.817. The van der Waals surface area contributed by atoms with Crippen molar-refractivity contribution in [3.8, 4) is 5.75 Å². The second-order valence-corrected chi connectivity index (χ2v) is 8.13. The lowest BCUT2D eigenvalue weighted by Crippen LogP contribution is -2.39. The zero-order chi connectivity index (χ0) is 17.6. The van der Waals surface area contributed by atoms with E-state index in [2.05, 4.69) is 15.3 Å². The van der Waals surface area contributed by atoms with Crippen LogP contribution in [0.2, 0.25) is 0 Å². The van der Waals surface area contributed by atoms with Gasteiger partial charge in [-0.15, -0.1) is 0 Å². The molecule has 8 nitrogen and oxygen atoms in total. The molecule has 2 N–H and O–H groups in total. The molecule has 0 saturated carbocycles. The number of nitrogens with zero attached hydrogens (tertiary/aromatic N) is 2. The van der Waals surface area contributed by atoms with Crippen molar-refractivity contribution in [1.82, 2.24) is 19.6 Å². The number of rotatable bonds is 2. The molecule has 1 saturated heterocycles. The lowest BCUT2D eigenvalue weighted by molar-refractivity contribution is 0.0934. The highest BCUT2D eigenvalue weighted by Gasteiger charge is 2.44. The second kappa shape index (κ2) is 5.85. The zero-order valence-corrected chi connectivity index (χ0v) is 14.4. The van der Waals surface area contributed by atoms with Gasteiger partial charge in [0.2, 0.25) is 10.0 Å². The van der Waals surface area contributed by atoms with E-state index in [4.69, 9.17) is 4.74 Å². The second-order valence-electron chi connectivity index (χ2n) is 6.27. The minimum Gasteiger partial charge on any atom is -0.490 e. The van der Waals surface area contributed by atoms with E-state index in [-0.39, 0.29) is 36.0 Å². The van der Waals surface area contributed by atoms with Gasteiger partial charge in [-0.1, -0.05) is 12.1 Å². The number of amides is 1. The third-order valence-electron chi connectivity index (χ3n) is 4.51. The molecular weight excluding hydrogens is 344 g/mol. The van der Waals surface area contributed by atoms with Crippen LogP contribution in [0.15, 0.2) is 35.4 Å². The number of fused-ring (bicyclic) bond motifs is 2. The molecule has 0 aliphatic carbocycles. The Morgan fingerprint density at radius 2 is 2.20 bits per heavy atom. The molecule has 0 bridgehead atoms. The lowest BCUT2D eigenvalue weighted by Gasteiger charge is -2.19. The maximum Gasteiger partial charge on any atom is 0.269 e. The fourth-order valence-electron chi connectivity index (χ4n) is 3.33. The summed E-state index contributed by atoms with van der Waals surface area (Å²) in [5.41, 5.74) is 0.365. The van der Waals surface area contributed by atoms with Gasteiger partial charge in [-0.3, -0.25) is 4.79 Å². The zero-order valence-electron chi connectivity index (χ0n) is 13.6. The summed E-state index contributed by atoms with van der Waals surface area (Å²) in [6.07, 6.45) is 1.97. The number of hydrogen-bond donors (Lipinski definition) is 2. The van der Waals surface area contributed by atoms with E-state index in [0.717, 1.165) is 0 Å². The van der Waals surface area contributed by atoms with E-state index >= 15 is 0 Å². The Morgan fingerprint density at radius 3 is 2.96 bits per heavy atom. The maximum atomic E-state index is 12.9. The van der Waals surface area contributed by atoms with Gasteiger partial charge in [-0.2, -0.15) is 4.31 Å². The van der Waals surface area contributed by atoms with Crippen molar-refractivity contribution in [2.24, 2.45) is 0 Å². The molecule has 0 spiro atoms. The number of ether oxygens (including phenoxy) is 1. The Balaban J connectivity index is 1.55. The summed E-state index contributed by atoms with van der Waals surface area (Å²) in [6.45, 7) is 2.26. The highest BCUT2D eigenvalue weighted by atomic mass is 32.2. The third kappa shape index (κ3) is 2.79. The van der Waals surface area contributed by atoms with Gasteiger partial charge in [0, 0.05) is 12.6 Å². The molecule has 25 heavy (non-hydrogen) atoms. The smallest absolute Gasteiger partial charge is 0.269 e. The minimum absolute atomic E-state index is 0.175. The number of aromatic nitrogens is 2. The number of imidazole rings is 1. The summed E-state index contributed by atoms with van der Waals surface area (Å²) in [5, 5.41) is 2.88. The molecule has 2 atom stereocenters. The number of nitrogens with one attached hydrogen (secondary N) is 2. The van der Waals surface area contributed by atoms with Crippen molar-refractivity contribution in [3.63, 3.8) is 0 Å². The first-order valence-corrected chi connectivity index (χ1v) is 9.45. The molecule has 2 aromatic rings. The third-order valence-corrected chi connectivity index (χ3v) is 6.47. The molecule has 1 fully saturated rings. The van der Waals surface area contributed by atoms with Crippen LogP contribution in [0.3, 0.4) is 0 Å². The van der Waals surface area contributed by atoms with E-state index in [1.54, 1.807) is 31.2 Å². The van der Waals surface area contributed by atoms with Crippen LogP contribution in [-0.2, 0) is 10.0 Å². The highest BCUT2D eigenvalue weighted by Crippen LogP contribution is 2.35. The molecule has 1 aromatic heterocycles. The van der Waals surface area contributed by atoms with Crippen LogP contribution in [0, 0.1) is 6.92 Å². The van der Waals surface area contributed by atoms with Gasteiger partial charge in [0.1, 0.15) is 28.8 Å². The first-order chi connectivity index (χ1) is 11.9. The predicted molar refractivity (Wildman–Crippen MR) is 88.8 cm³/mol. The molecule has 132 valence electrons. The fourth-order valence-corrected chi connectivity index (χ4v) is 5.13. The van der Waals surface area contributed by atoms with Crippen LogP contribution >= 0.6 is 0 Å². The Hall–Kier alpha value is -2.39. The van der Waals surface area contributed by atoms with Gasteiger partial charge in [-0.05, 0) is 25.5 Å². The topological polar surface area (TPSA) is 104 Å². The molecule has 2 aliphatic heterocycles. The normalized spacial score (nSPS) is 24.7. The van der Waals surface area contributed by atoms with E-state index in [9.17, 15) is 13.2 Å². The van der Waals surface area contributed by atoms with E-state index in [1.165, 1.54) is 10.5 Å². The van der Waals surface area contributed by atoms with Crippen LogP contribution in [0.25, 0.3) is 0 Å². The summed E-state index contributed by atoms with van der Waals surface area (Å²) < 4.78 is 33.0. The molecule has 1 aromatic carbocycles. The van der Waals surface area contributed by atoms with Crippen molar-refractivity contribution in [2.45, 2.75) is 30.3 Å².